The Hall–Kier alpha value is -1.72. The van der Waals surface area contributed by atoms with Gasteiger partial charge in [-0.05, 0) is 33.8 Å². The van der Waals surface area contributed by atoms with Gasteiger partial charge in [0, 0.05) is 5.56 Å². The van der Waals surface area contributed by atoms with Crippen LogP contribution in [0.5, 0.6) is 0 Å². The normalized spacial score (nSPS) is 19.7. The molecule has 0 N–H and O–H groups in total. The zero-order valence-electron chi connectivity index (χ0n) is 12.8. The van der Waals surface area contributed by atoms with Gasteiger partial charge in [-0.2, -0.15) is 0 Å². The Morgan fingerprint density at radius 1 is 0.905 bits per heavy atom. The predicted octanol–water partition coefficient (Wildman–Crippen LogP) is 2.44. The third kappa shape index (κ3) is 2.59. The Kier molecular flexibility index (Phi) is 3.34. The van der Waals surface area contributed by atoms with E-state index in [-0.39, 0.29) is 11.2 Å². The summed E-state index contributed by atoms with van der Waals surface area (Å²) in [4.78, 5) is 8.65. The van der Waals surface area contributed by atoms with Crippen LogP contribution < -0.4 is 5.59 Å². The SMILES string of the molecule is CC1(C)OB(c2cc(-c3ccccc3)ncn2)OC1(C)C. The minimum atomic E-state index is -0.458. The van der Waals surface area contributed by atoms with Crippen molar-refractivity contribution >= 4 is 12.7 Å². The molecule has 0 atom stereocenters. The summed E-state index contributed by atoms with van der Waals surface area (Å²) in [6.07, 6.45) is 1.56. The maximum absolute atomic E-state index is 6.03. The molecule has 0 aliphatic carbocycles. The minimum Gasteiger partial charge on any atom is -0.398 e. The largest absolute Gasteiger partial charge is 0.514 e. The highest BCUT2D eigenvalue weighted by atomic mass is 16.7. The maximum atomic E-state index is 6.03. The van der Waals surface area contributed by atoms with Gasteiger partial charge >= 0.3 is 7.12 Å². The Morgan fingerprint density at radius 2 is 1.52 bits per heavy atom. The van der Waals surface area contributed by atoms with Crippen molar-refractivity contribution < 1.29 is 9.31 Å². The van der Waals surface area contributed by atoms with Crippen molar-refractivity contribution in [3.8, 4) is 11.3 Å². The van der Waals surface area contributed by atoms with Gasteiger partial charge in [0.2, 0.25) is 0 Å². The number of rotatable bonds is 2. The predicted molar refractivity (Wildman–Crippen MR) is 83.2 cm³/mol. The van der Waals surface area contributed by atoms with Gasteiger partial charge < -0.3 is 9.31 Å². The van der Waals surface area contributed by atoms with Gasteiger partial charge in [0.15, 0.2) is 0 Å². The van der Waals surface area contributed by atoms with Gasteiger partial charge in [-0.3, -0.25) is 0 Å². The summed E-state index contributed by atoms with van der Waals surface area (Å²) in [7, 11) is -0.458. The molecule has 0 bridgehead atoms. The zero-order chi connectivity index (χ0) is 15.1. The molecule has 2 aromatic rings. The molecule has 0 saturated carbocycles. The van der Waals surface area contributed by atoms with E-state index in [1.807, 2.05) is 64.1 Å². The number of nitrogens with zero attached hydrogens (tertiary/aromatic N) is 2. The average Bonchev–Trinajstić information content (AvgIpc) is 2.69. The molecule has 2 heterocycles. The third-order valence-electron chi connectivity index (χ3n) is 4.25. The second kappa shape index (κ2) is 4.93. The molecule has 1 aliphatic heterocycles. The summed E-state index contributed by atoms with van der Waals surface area (Å²) in [6, 6.07) is 11.9. The van der Waals surface area contributed by atoms with Gasteiger partial charge in [0.05, 0.1) is 22.5 Å². The number of aromatic nitrogens is 2. The average molecular weight is 282 g/mol. The number of hydrogen-bond donors (Lipinski definition) is 0. The van der Waals surface area contributed by atoms with Gasteiger partial charge in [-0.15, -0.1) is 0 Å². The highest BCUT2D eigenvalue weighted by molar-refractivity contribution is 6.61. The van der Waals surface area contributed by atoms with Crippen molar-refractivity contribution in [3.63, 3.8) is 0 Å². The molecule has 0 radical (unpaired) electrons. The zero-order valence-corrected chi connectivity index (χ0v) is 12.8. The van der Waals surface area contributed by atoms with Crippen molar-refractivity contribution in [2.24, 2.45) is 0 Å². The lowest BCUT2D eigenvalue weighted by Gasteiger charge is -2.32. The summed E-state index contributed by atoms with van der Waals surface area (Å²) in [5.41, 5.74) is 1.95. The van der Waals surface area contributed by atoms with Crippen LogP contribution in [0.15, 0.2) is 42.7 Å². The van der Waals surface area contributed by atoms with Crippen molar-refractivity contribution in [2.45, 2.75) is 38.9 Å². The summed E-state index contributed by atoms with van der Waals surface area (Å²) >= 11 is 0. The molecule has 1 saturated heterocycles. The van der Waals surface area contributed by atoms with E-state index in [0.717, 1.165) is 16.9 Å². The first-order valence-corrected chi connectivity index (χ1v) is 7.12. The van der Waals surface area contributed by atoms with Crippen molar-refractivity contribution in [1.29, 1.82) is 0 Å². The molecule has 108 valence electrons. The smallest absolute Gasteiger partial charge is 0.398 e. The maximum Gasteiger partial charge on any atom is 0.514 e. The van der Waals surface area contributed by atoms with E-state index in [4.69, 9.17) is 9.31 Å². The Bertz CT molecular complexity index is 628. The molecule has 3 rings (SSSR count). The van der Waals surface area contributed by atoms with Crippen LogP contribution in [0.25, 0.3) is 11.3 Å². The molecule has 4 nitrogen and oxygen atoms in total. The van der Waals surface area contributed by atoms with E-state index in [1.165, 1.54) is 0 Å². The molecule has 5 heteroatoms. The fourth-order valence-corrected chi connectivity index (χ4v) is 2.23. The summed E-state index contributed by atoms with van der Waals surface area (Å²) in [5, 5.41) is 0. The van der Waals surface area contributed by atoms with Crippen LogP contribution in [-0.4, -0.2) is 28.3 Å². The standard InChI is InChI=1S/C16H19BN2O2/c1-15(2)16(3,4)21-17(20-15)14-10-13(18-11-19-14)12-8-6-5-7-9-12/h5-11H,1-4H3. The van der Waals surface area contributed by atoms with E-state index in [9.17, 15) is 0 Å². The van der Waals surface area contributed by atoms with E-state index >= 15 is 0 Å². The first kappa shape index (κ1) is 14.2. The lowest BCUT2D eigenvalue weighted by atomic mass is 9.84. The topological polar surface area (TPSA) is 44.2 Å². The van der Waals surface area contributed by atoms with Crippen LogP contribution in [0.3, 0.4) is 0 Å². The molecule has 0 amide bonds. The quantitative estimate of drug-likeness (QED) is 0.794. The van der Waals surface area contributed by atoms with Crippen LogP contribution in [0.1, 0.15) is 27.7 Å². The summed E-state index contributed by atoms with van der Waals surface area (Å²) < 4.78 is 12.1. The molecule has 1 aromatic carbocycles. The molecule has 0 spiro atoms. The van der Waals surface area contributed by atoms with E-state index in [0.29, 0.717) is 0 Å². The van der Waals surface area contributed by atoms with Gasteiger partial charge in [-0.25, -0.2) is 9.97 Å². The second-order valence-electron chi connectivity index (χ2n) is 6.28. The van der Waals surface area contributed by atoms with Crippen LogP contribution in [0.2, 0.25) is 0 Å². The molecule has 1 aliphatic rings. The van der Waals surface area contributed by atoms with Gasteiger partial charge in [0.1, 0.15) is 6.33 Å². The van der Waals surface area contributed by atoms with Crippen LogP contribution in [-0.2, 0) is 9.31 Å². The monoisotopic (exact) mass is 282 g/mol. The molecule has 21 heavy (non-hydrogen) atoms. The first-order valence-electron chi connectivity index (χ1n) is 7.12. The van der Waals surface area contributed by atoms with Crippen LogP contribution in [0.4, 0.5) is 0 Å². The molecule has 0 unspecified atom stereocenters. The van der Waals surface area contributed by atoms with Crippen molar-refractivity contribution in [3.05, 3.63) is 42.7 Å². The van der Waals surface area contributed by atoms with Crippen LogP contribution in [0, 0.1) is 0 Å². The molecule has 1 aromatic heterocycles. The molecular formula is C16H19BN2O2. The van der Waals surface area contributed by atoms with E-state index in [2.05, 4.69) is 9.97 Å². The Balaban J connectivity index is 1.92. The van der Waals surface area contributed by atoms with E-state index < -0.39 is 7.12 Å². The van der Waals surface area contributed by atoms with Gasteiger partial charge in [-0.1, -0.05) is 30.3 Å². The van der Waals surface area contributed by atoms with Gasteiger partial charge in [0.25, 0.3) is 0 Å². The van der Waals surface area contributed by atoms with Crippen molar-refractivity contribution in [2.75, 3.05) is 0 Å². The minimum absolute atomic E-state index is 0.366. The summed E-state index contributed by atoms with van der Waals surface area (Å²) in [5.74, 6) is 0. The van der Waals surface area contributed by atoms with E-state index in [1.54, 1.807) is 6.33 Å². The molecule has 1 fully saturated rings. The van der Waals surface area contributed by atoms with Crippen molar-refractivity contribution in [1.82, 2.24) is 9.97 Å². The highest BCUT2D eigenvalue weighted by Crippen LogP contribution is 2.36. The fraction of sp³-hybridized carbons (Fsp3) is 0.375. The highest BCUT2D eigenvalue weighted by Gasteiger charge is 2.52. The lowest BCUT2D eigenvalue weighted by molar-refractivity contribution is 0.00578. The number of benzene rings is 1. The number of hydrogen-bond acceptors (Lipinski definition) is 4. The summed E-state index contributed by atoms with van der Waals surface area (Å²) in [6.45, 7) is 8.14. The Morgan fingerprint density at radius 3 is 2.14 bits per heavy atom. The first-order chi connectivity index (χ1) is 9.89. The van der Waals surface area contributed by atoms with Crippen LogP contribution >= 0.6 is 0 Å². The third-order valence-corrected chi connectivity index (χ3v) is 4.25. The lowest BCUT2D eigenvalue weighted by Crippen LogP contribution is -2.41. The Labute approximate surface area is 125 Å². The molecular weight excluding hydrogens is 263 g/mol. The fourth-order valence-electron chi connectivity index (χ4n) is 2.23. The second-order valence-corrected chi connectivity index (χ2v) is 6.28.